The van der Waals surface area contributed by atoms with Crippen LogP contribution in [0.15, 0.2) is 72.1 Å². The number of methoxy groups -OCH3 is 1. The zero-order valence-electron chi connectivity index (χ0n) is 14.8. The molecule has 26 heavy (non-hydrogen) atoms. The molecule has 0 radical (unpaired) electrons. The molecule has 3 rings (SSSR count). The summed E-state index contributed by atoms with van der Waals surface area (Å²) in [5, 5.41) is 3.04. The minimum Gasteiger partial charge on any atom is -0.497 e. The van der Waals surface area contributed by atoms with E-state index in [1.807, 2.05) is 66.2 Å². The van der Waals surface area contributed by atoms with Crippen LogP contribution in [0, 0.1) is 0 Å². The lowest BCUT2D eigenvalue weighted by Crippen LogP contribution is -2.28. The van der Waals surface area contributed by atoms with Crippen molar-refractivity contribution < 1.29 is 9.53 Å². The van der Waals surface area contributed by atoms with Crippen LogP contribution in [0.1, 0.15) is 18.5 Å². The van der Waals surface area contributed by atoms with Crippen molar-refractivity contribution in [3.8, 4) is 11.4 Å². The van der Waals surface area contributed by atoms with E-state index in [1.54, 1.807) is 19.6 Å². The lowest BCUT2D eigenvalue weighted by molar-refractivity contribution is -0.119. The van der Waals surface area contributed by atoms with Crippen molar-refractivity contribution >= 4 is 17.7 Å². The van der Waals surface area contributed by atoms with Crippen LogP contribution in [0.4, 0.5) is 0 Å². The fourth-order valence-electron chi connectivity index (χ4n) is 2.53. The van der Waals surface area contributed by atoms with Gasteiger partial charge in [-0.3, -0.25) is 4.79 Å². The molecule has 0 fully saturated rings. The van der Waals surface area contributed by atoms with E-state index in [1.165, 1.54) is 11.8 Å². The fraction of sp³-hybridized carbons (Fsp3) is 0.200. The maximum absolute atomic E-state index is 12.2. The lowest BCUT2D eigenvalue weighted by atomic mass is 10.1. The number of nitrogens with one attached hydrogen (secondary N) is 1. The van der Waals surface area contributed by atoms with Crippen LogP contribution in [0.5, 0.6) is 5.75 Å². The summed E-state index contributed by atoms with van der Waals surface area (Å²) in [6.07, 6.45) is 5.41. The SMILES string of the molecule is COc1ccc(SCC(=O)N[C@@H](C)c2ccc(-n3ccnc3)cc2)cc1. The molecule has 0 aliphatic carbocycles. The minimum absolute atomic E-state index is 0.0111. The largest absolute Gasteiger partial charge is 0.497 e. The normalized spacial score (nSPS) is 11.8. The summed E-state index contributed by atoms with van der Waals surface area (Å²) >= 11 is 1.51. The van der Waals surface area contributed by atoms with Gasteiger partial charge in [0, 0.05) is 23.0 Å². The van der Waals surface area contributed by atoms with Gasteiger partial charge in [0.2, 0.25) is 5.91 Å². The molecule has 0 bridgehead atoms. The molecule has 2 aromatic carbocycles. The molecule has 134 valence electrons. The molecule has 0 spiro atoms. The van der Waals surface area contributed by atoms with Gasteiger partial charge in [-0.1, -0.05) is 12.1 Å². The number of hydrogen-bond acceptors (Lipinski definition) is 4. The highest BCUT2D eigenvalue weighted by molar-refractivity contribution is 8.00. The molecule has 0 saturated heterocycles. The molecule has 0 aliphatic rings. The maximum Gasteiger partial charge on any atom is 0.230 e. The molecule has 0 unspecified atom stereocenters. The third-order valence-corrected chi connectivity index (χ3v) is 5.01. The summed E-state index contributed by atoms with van der Waals surface area (Å²) < 4.78 is 7.08. The van der Waals surface area contributed by atoms with E-state index in [-0.39, 0.29) is 11.9 Å². The van der Waals surface area contributed by atoms with E-state index < -0.39 is 0 Å². The van der Waals surface area contributed by atoms with Gasteiger partial charge in [-0.15, -0.1) is 11.8 Å². The number of thioether (sulfide) groups is 1. The molecule has 0 aliphatic heterocycles. The van der Waals surface area contributed by atoms with Crippen LogP contribution in [0.2, 0.25) is 0 Å². The summed E-state index contributed by atoms with van der Waals surface area (Å²) in [6, 6.07) is 15.7. The highest BCUT2D eigenvalue weighted by Crippen LogP contribution is 2.21. The molecular formula is C20H21N3O2S. The van der Waals surface area contributed by atoms with Crippen molar-refractivity contribution in [3.05, 3.63) is 72.8 Å². The van der Waals surface area contributed by atoms with E-state index in [2.05, 4.69) is 10.3 Å². The van der Waals surface area contributed by atoms with E-state index in [0.29, 0.717) is 5.75 Å². The first-order valence-electron chi connectivity index (χ1n) is 8.30. The van der Waals surface area contributed by atoms with Gasteiger partial charge in [-0.2, -0.15) is 0 Å². The molecule has 3 aromatic rings. The quantitative estimate of drug-likeness (QED) is 0.645. The first-order chi connectivity index (χ1) is 12.7. The zero-order chi connectivity index (χ0) is 18.4. The topological polar surface area (TPSA) is 56.1 Å². The summed E-state index contributed by atoms with van der Waals surface area (Å²) in [5.74, 6) is 1.20. The van der Waals surface area contributed by atoms with Gasteiger partial charge in [-0.25, -0.2) is 4.98 Å². The smallest absolute Gasteiger partial charge is 0.230 e. The molecular weight excluding hydrogens is 346 g/mol. The summed E-state index contributed by atoms with van der Waals surface area (Å²) in [6.45, 7) is 1.99. The highest BCUT2D eigenvalue weighted by atomic mass is 32.2. The van der Waals surface area contributed by atoms with E-state index >= 15 is 0 Å². The van der Waals surface area contributed by atoms with Gasteiger partial charge in [0.25, 0.3) is 0 Å². The predicted molar refractivity (Wildman–Crippen MR) is 104 cm³/mol. The average molecular weight is 367 g/mol. The Morgan fingerprint density at radius 3 is 2.54 bits per heavy atom. The van der Waals surface area contributed by atoms with Crippen LogP contribution in [0.25, 0.3) is 5.69 Å². The van der Waals surface area contributed by atoms with Crippen molar-refractivity contribution in [3.63, 3.8) is 0 Å². The van der Waals surface area contributed by atoms with Gasteiger partial charge in [-0.05, 0) is 48.9 Å². The number of ether oxygens (including phenoxy) is 1. The Hall–Kier alpha value is -2.73. The summed E-state index contributed by atoms with van der Waals surface area (Å²) in [7, 11) is 1.64. The Kier molecular flexibility index (Phi) is 5.96. The van der Waals surface area contributed by atoms with Gasteiger partial charge in [0.05, 0.1) is 25.2 Å². The lowest BCUT2D eigenvalue weighted by Gasteiger charge is -2.15. The van der Waals surface area contributed by atoms with Crippen LogP contribution in [-0.2, 0) is 4.79 Å². The first kappa shape index (κ1) is 18.1. The van der Waals surface area contributed by atoms with Gasteiger partial charge < -0.3 is 14.6 Å². The van der Waals surface area contributed by atoms with Crippen molar-refractivity contribution in [1.82, 2.24) is 14.9 Å². The monoisotopic (exact) mass is 367 g/mol. The van der Waals surface area contributed by atoms with Crippen molar-refractivity contribution in [2.75, 3.05) is 12.9 Å². The number of nitrogens with zero attached hydrogens (tertiary/aromatic N) is 2. The molecule has 1 heterocycles. The molecule has 1 amide bonds. The summed E-state index contributed by atoms with van der Waals surface area (Å²) in [4.78, 5) is 17.3. The standard InChI is InChI=1S/C20H21N3O2S/c1-15(16-3-5-17(6-4-16)23-12-11-21-14-23)22-20(24)13-26-19-9-7-18(25-2)8-10-19/h3-12,14-15H,13H2,1-2H3,(H,22,24)/t15-/m0/s1. The predicted octanol–water partition coefficient (Wildman–Crippen LogP) is 3.85. The number of hydrogen-bond donors (Lipinski definition) is 1. The van der Waals surface area contributed by atoms with Crippen molar-refractivity contribution in [2.45, 2.75) is 17.9 Å². The number of carbonyl (C=O) groups excluding carboxylic acids is 1. The Balaban J connectivity index is 1.51. The maximum atomic E-state index is 12.2. The Bertz CT molecular complexity index is 831. The average Bonchev–Trinajstić information content (AvgIpc) is 3.21. The third-order valence-electron chi connectivity index (χ3n) is 4.00. The van der Waals surface area contributed by atoms with Gasteiger partial charge >= 0.3 is 0 Å². The zero-order valence-corrected chi connectivity index (χ0v) is 15.6. The van der Waals surface area contributed by atoms with Crippen molar-refractivity contribution in [2.24, 2.45) is 0 Å². The molecule has 1 aromatic heterocycles. The number of carbonyl (C=O) groups is 1. The Labute approximate surface area is 157 Å². The molecule has 1 atom stereocenters. The van der Waals surface area contributed by atoms with Crippen molar-refractivity contribution in [1.29, 1.82) is 0 Å². The van der Waals surface area contributed by atoms with Crippen LogP contribution in [0.3, 0.4) is 0 Å². The van der Waals surface area contributed by atoms with E-state index in [0.717, 1.165) is 21.9 Å². The highest BCUT2D eigenvalue weighted by Gasteiger charge is 2.10. The van der Waals surface area contributed by atoms with E-state index in [4.69, 9.17) is 4.74 Å². The number of aromatic nitrogens is 2. The fourth-order valence-corrected chi connectivity index (χ4v) is 3.24. The molecule has 0 saturated carbocycles. The minimum atomic E-state index is -0.0456. The number of amides is 1. The molecule has 1 N–H and O–H groups in total. The van der Waals surface area contributed by atoms with E-state index in [9.17, 15) is 4.79 Å². The Morgan fingerprint density at radius 2 is 1.92 bits per heavy atom. The van der Waals surface area contributed by atoms with Crippen LogP contribution < -0.4 is 10.1 Å². The Morgan fingerprint density at radius 1 is 1.19 bits per heavy atom. The first-order valence-corrected chi connectivity index (χ1v) is 9.29. The number of imidazole rings is 1. The second-order valence-electron chi connectivity index (χ2n) is 5.81. The molecule has 6 heteroatoms. The van der Waals surface area contributed by atoms with Crippen LogP contribution >= 0.6 is 11.8 Å². The molecule has 5 nitrogen and oxygen atoms in total. The number of benzene rings is 2. The number of rotatable bonds is 7. The third kappa shape index (κ3) is 4.67. The second-order valence-corrected chi connectivity index (χ2v) is 6.86. The van der Waals surface area contributed by atoms with Gasteiger partial charge in [0.1, 0.15) is 5.75 Å². The van der Waals surface area contributed by atoms with Gasteiger partial charge in [0.15, 0.2) is 0 Å². The second kappa shape index (κ2) is 8.58. The summed E-state index contributed by atoms with van der Waals surface area (Å²) in [5.41, 5.74) is 2.11. The van der Waals surface area contributed by atoms with Crippen LogP contribution in [-0.4, -0.2) is 28.3 Å².